The van der Waals surface area contributed by atoms with E-state index in [-0.39, 0.29) is 23.9 Å². The lowest BCUT2D eigenvalue weighted by atomic mass is 9.86. The van der Waals surface area contributed by atoms with Crippen molar-refractivity contribution in [1.29, 1.82) is 5.26 Å². The number of amides is 1. The Morgan fingerprint density at radius 2 is 2.07 bits per heavy atom. The van der Waals surface area contributed by atoms with Gasteiger partial charge in [-0.3, -0.25) is 9.69 Å². The lowest BCUT2D eigenvalue weighted by molar-refractivity contribution is -0.129. The molecule has 0 saturated carbocycles. The average molecular weight is 425 g/mol. The van der Waals surface area contributed by atoms with Crippen molar-refractivity contribution >= 4 is 23.4 Å². The van der Waals surface area contributed by atoms with E-state index in [9.17, 15) is 19.6 Å². The zero-order valence-corrected chi connectivity index (χ0v) is 17.2. The van der Waals surface area contributed by atoms with Crippen LogP contribution in [0.25, 0.3) is 0 Å². The minimum absolute atomic E-state index is 0.0255. The van der Waals surface area contributed by atoms with Crippen molar-refractivity contribution in [3.05, 3.63) is 64.4 Å². The maximum atomic E-state index is 13.2. The van der Waals surface area contributed by atoms with Gasteiger partial charge in [-0.15, -0.1) is 0 Å². The Balaban J connectivity index is 1.65. The van der Waals surface area contributed by atoms with Crippen LogP contribution in [0.3, 0.4) is 0 Å². The number of hydrogen-bond donors (Lipinski definition) is 1. The summed E-state index contributed by atoms with van der Waals surface area (Å²) < 4.78 is 18.7. The van der Waals surface area contributed by atoms with Gasteiger partial charge in [0.15, 0.2) is 11.5 Å². The fourth-order valence-electron chi connectivity index (χ4n) is 3.68. The number of thioether (sulfide) groups is 1. The molecule has 2 aromatic carbocycles. The molecule has 2 aliphatic heterocycles. The van der Waals surface area contributed by atoms with Gasteiger partial charge >= 0.3 is 0 Å². The van der Waals surface area contributed by atoms with E-state index in [1.54, 1.807) is 29.2 Å². The van der Waals surface area contributed by atoms with Crippen LogP contribution in [0.5, 0.6) is 11.5 Å². The smallest absolute Gasteiger partial charge is 0.229 e. The van der Waals surface area contributed by atoms with Crippen molar-refractivity contribution in [2.75, 3.05) is 24.1 Å². The standard InChI is InChI=1S/C22H20FN3O3S/c1-2-29-20-9-14(3-8-19(20)27)17-10-21(28)26-12-25(13-30-22(26)18(17)11-24)16-6-4-15(23)5-7-16/h3-9,17,27H,2,10,12-13H2,1H3/t17-/m0/s1. The zero-order valence-electron chi connectivity index (χ0n) is 16.3. The number of rotatable bonds is 4. The molecule has 2 heterocycles. The summed E-state index contributed by atoms with van der Waals surface area (Å²) in [6.45, 7) is 2.53. The number of phenolic OH excluding ortho intramolecular Hbond substituents is 1. The first-order chi connectivity index (χ1) is 14.5. The van der Waals surface area contributed by atoms with E-state index in [1.807, 2.05) is 11.8 Å². The molecule has 8 heteroatoms. The second kappa shape index (κ2) is 8.28. The van der Waals surface area contributed by atoms with Gasteiger partial charge in [0.25, 0.3) is 0 Å². The van der Waals surface area contributed by atoms with E-state index < -0.39 is 5.92 Å². The molecule has 1 saturated heterocycles. The molecule has 2 aliphatic rings. The number of nitrogens with zero attached hydrogens (tertiary/aromatic N) is 3. The van der Waals surface area contributed by atoms with Crippen LogP contribution in [0.1, 0.15) is 24.8 Å². The Bertz CT molecular complexity index is 1050. The predicted octanol–water partition coefficient (Wildman–Crippen LogP) is 4.15. The fourth-order valence-corrected chi connectivity index (χ4v) is 4.85. The number of benzene rings is 2. The van der Waals surface area contributed by atoms with Crippen molar-refractivity contribution in [1.82, 2.24) is 4.90 Å². The summed E-state index contributed by atoms with van der Waals surface area (Å²) in [7, 11) is 0. The van der Waals surface area contributed by atoms with Crippen molar-refractivity contribution in [2.45, 2.75) is 19.3 Å². The van der Waals surface area contributed by atoms with Gasteiger partial charge in [-0.2, -0.15) is 5.26 Å². The third kappa shape index (κ3) is 3.68. The molecule has 0 radical (unpaired) electrons. The first-order valence-corrected chi connectivity index (χ1v) is 10.5. The van der Waals surface area contributed by atoms with Crippen LogP contribution in [0.4, 0.5) is 10.1 Å². The number of carbonyl (C=O) groups excluding carboxylic acids is 1. The molecule has 0 aromatic heterocycles. The minimum Gasteiger partial charge on any atom is -0.504 e. The largest absolute Gasteiger partial charge is 0.504 e. The molecule has 6 nitrogen and oxygen atoms in total. The van der Waals surface area contributed by atoms with Crippen LogP contribution < -0.4 is 9.64 Å². The number of aromatic hydroxyl groups is 1. The Kier molecular flexibility index (Phi) is 5.55. The van der Waals surface area contributed by atoms with Crippen LogP contribution in [-0.4, -0.2) is 35.1 Å². The molecule has 1 amide bonds. The number of halogens is 1. The van der Waals surface area contributed by atoms with E-state index >= 15 is 0 Å². The molecule has 1 N–H and O–H groups in total. The summed E-state index contributed by atoms with van der Waals surface area (Å²) in [6, 6.07) is 13.4. The number of carbonyl (C=O) groups is 1. The fraction of sp³-hybridized carbons (Fsp3) is 0.273. The highest BCUT2D eigenvalue weighted by Gasteiger charge is 2.38. The number of hydrogen-bond acceptors (Lipinski definition) is 6. The van der Waals surface area contributed by atoms with Gasteiger partial charge in [0.05, 0.1) is 35.8 Å². The highest BCUT2D eigenvalue weighted by atomic mass is 32.2. The van der Waals surface area contributed by atoms with E-state index in [1.165, 1.54) is 30.0 Å². The quantitative estimate of drug-likeness (QED) is 0.793. The second-order valence-electron chi connectivity index (χ2n) is 7.00. The van der Waals surface area contributed by atoms with Crippen LogP contribution in [-0.2, 0) is 4.79 Å². The Hall–Kier alpha value is -3.18. The van der Waals surface area contributed by atoms with Crippen LogP contribution in [0.15, 0.2) is 53.1 Å². The first-order valence-electron chi connectivity index (χ1n) is 9.55. The number of nitriles is 1. The first kappa shape index (κ1) is 20.1. The number of anilines is 1. The van der Waals surface area contributed by atoms with Crippen LogP contribution >= 0.6 is 11.8 Å². The van der Waals surface area contributed by atoms with Crippen LogP contribution in [0.2, 0.25) is 0 Å². The second-order valence-corrected chi connectivity index (χ2v) is 7.93. The summed E-state index contributed by atoms with van der Waals surface area (Å²) in [5.74, 6) is 0.122. The molecular formula is C22H20FN3O3S. The SMILES string of the molecule is CCOc1cc([C@@H]2CC(=O)N3CN(c4ccc(F)cc4)CSC3=C2C#N)ccc1O. The molecular weight excluding hydrogens is 405 g/mol. The van der Waals surface area contributed by atoms with Crippen molar-refractivity contribution in [2.24, 2.45) is 0 Å². The van der Waals surface area contributed by atoms with Crippen molar-refractivity contribution in [3.8, 4) is 17.6 Å². The normalized spacial score (nSPS) is 18.8. The van der Waals surface area contributed by atoms with Crippen molar-refractivity contribution in [3.63, 3.8) is 0 Å². The van der Waals surface area contributed by atoms with E-state index in [4.69, 9.17) is 4.74 Å². The van der Waals surface area contributed by atoms with Gasteiger partial charge in [-0.05, 0) is 48.9 Å². The molecule has 4 rings (SSSR count). The molecule has 1 atom stereocenters. The Morgan fingerprint density at radius 3 is 2.77 bits per heavy atom. The molecule has 0 spiro atoms. The van der Waals surface area contributed by atoms with Gasteiger partial charge in [0.2, 0.25) is 5.91 Å². The van der Waals surface area contributed by atoms with Gasteiger partial charge in [0.1, 0.15) is 5.82 Å². The number of ether oxygens (including phenoxy) is 1. The predicted molar refractivity (Wildman–Crippen MR) is 112 cm³/mol. The maximum absolute atomic E-state index is 13.2. The molecule has 0 aliphatic carbocycles. The summed E-state index contributed by atoms with van der Waals surface area (Å²) in [5, 5.41) is 20.5. The molecule has 0 unspecified atom stereocenters. The third-order valence-electron chi connectivity index (χ3n) is 5.17. The third-order valence-corrected chi connectivity index (χ3v) is 6.33. The Morgan fingerprint density at radius 1 is 1.30 bits per heavy atom. The lowest BCUT2D eigenvalue weighted by Crippen LogP contribution is -2.47. The lowest BCUT2D eigenvalue weighted by Gasteiger charge is -2.42. The molecule has 30 heavy (non-hydrogen) atoms. The minimum atomic E-state index is -0.390. The topological polar surface area (TPSA) is 76.8 Å². The van der Waals surface area contributed by atoms with Crippen LogP contribution in [0, 0.1) is 17.1 Å². The van der Waals surface area contributed by atoms with Gasteiger partial charge in [0, 0.05) is 18.0 Å². The summed E-state index contributed by atoms with van der Waals surface area (Å²) in [6.07, 6.45) is 0.153. The summed E-state index contributed by atoms with van der Waals surface area (Å²) in [5.41, 5.74) is 2.11. The van der Waals surface area contributed by atoms with Gasteiger partial charge in [-0.1, -0.05) is 17.8 Å². The zero-order chi connectivity index (χ0) is 21.3. The molecule has 0 bridgehead atoms. The van der Waals surface area contributed by atoms with Gasteiger partial charge < -0.3 is 14.7 Å². The summed E-state index contributed by atoms with van der Waals surface area (Å²) >= 11 is 1.42. The van der Waals surface area contributed by atoms with Gasteiger partial charge in [-0.25, -0.2) is 4.39 Å². The number of phenols is 1. The molecule has 1 fully saturated rings. The maximum Gasteiger partial charge on any atom is 0.229 e. The highest BCUT2D eigenvalue weighted by Crippen LogP contribution is 2.44. The monoisotopic (exact) mass is 425 g/mol. The molecule has 154 valence electrons. The summed E-state index contributed by atoms with van der Waals surface area (Å²) in [4.78, 5) is 16.6. The Labute approximate surface area is 178 Å². The number of fused-ring (bicyclic) bond motifs is 1. The molecule has 2 aromatic rings. The van der Waals surface area contributed by atoms with Crippen molar-refractivity contribution < 1.29 is 19.0 Å². The highest BCUT2D eigenvalue weighted by molar-refractivity contribution is 8.03. The average Bonchev–Trinajstić information content (AvgIpc) is 2.76. The van der Waals surface area contributed by atoms with E-state index in [0.717, 1.165) is 11.3 Å². The number of allylic oxidation sites excluding steroid dienone is 1. The van der Waals surface area contributed by atoms with E-state index in [0.29, 0.717) is 35.5 Å². The van der Waals surface area contributed by atoms with E-state index in [2.05, 4.69) is 6.07 Å².